The lowest BCUT2D eigenvalue weighted by Crippen LogP contribution is -2.20. The Morgan fingerprint density at radius 1 is 1.00 bits per heavy atom. The number of nitrogens with zero attached hydrogens (tertiary/aromatic N) is 7. The maximum absolute atomic E-state index is 11.4. The van der Waals surface area contributed by atoms with E-state index in [-0.39, 0.29) is 11.7 Å². The Hall–Kier alpha value is -4.80. The lowest BCUT2D eigenvalue weighted by atomic mass is 9.93. The molecule has 2 aliphatic rings. The average Bonchev–Trinajstić information content (AvgIpc) is 3.35. The van der Waals surface area contributed by atoms with Gasteiger partial charge in [-0.3, -0.25) is 4.79 Å². The molecule has 7 rings (SSSR count). The van der Waals surface area contributed by atoms with Crippen LogP contribution in [0.15, 0.2) is 65.6 Å². The molecule has 1 aliphatic carbocycles. The highest BCUT2D eigenvalue weighted by Gasteiger charge is 2.28. The number of carboxylic acids is 1. The minimum absolute atomic E-state index is 0.0814. The van der Waals surface area contributed by atoms with Crippen LogP contribution in [0.3, 0.4) is 0 Å². The molecular weight excluding hydrogens is 534 g/mol. The molecule has 216 valence electrons. The Morgan fingerprint density at radius 2 is 1.74 bits per heavy atom. The highest BCUT2D eigenvalue weighted by molar-refractivity contribution is 5.81. The minimum Gasteiger partial charge on any atom is -0.507 e. The van der Waals surface area contributed by atoms with Crippen molar-refractivity contribution >= 4 is 23.0 Å². The summed E-state index contributed by atoms with van der Waals surface area (Å²) in [6, 6.07) is 13.5. The van der Waals surface area contributed by atoms with Crippen LogP contribution in [0.4, 0.5) is 5.95 Å². The molecule has 0 radical (unpaired) electrons. The van der Waals surface area contributed by atoms with Gasteiger partial charge in [0.15, 0.2) is 5.76 Å². The molecule has 1 atom stereocenters. The van der Waals surface area contributed by atoms with Gasteiger partial charge in [-0.15, -0.1) is 10.2 Å². The molecule has 42 heavy (non-hydrogen) atoms. The Balaban J connectivity index is 0.000000153. The Labute approximate surface area is 242 Å². The molecule has 0 spiro atoms. The summed E-state index contributed by atoms with van der Waals surface area (Å²) in [5.41, 5.74) is 4.71. The van der Waals surface area contributed by atoms with Crippen LogP contribution in [0.25, 0.3) is 33.5 Å². The lowest BCUT2D eigenvalue weighted by molar-refractivity contribution is -0.140. The van der Waals surface area contributed by atoms with E-state index in [4.69, 9.17) is 4.52 Å². The fourth-order valence-electron chi connectivity index (χ4n) is 5.28. The Bertz CT molecular complexity index is 1690. The number of carbonyl (C=O) groups is 1. The summed E-state index contributed by atoms with van der Waals surface area (Å²) in [5.74, 6) is -0.390. The van der Waals surface area contributed by atoms with Crippen molar-refractivity contribution in [2.24, 2.45) is 5.92 Å². The van der Waals surface area contributed by atoms with Gasteiger partial charge in [-0.25, -0.2) is 9.97 Å². The van der Waals surface area contributed by atoms with Gasteiger partial charge in [-0.2, -0.15) is 0 Å². The second-order valence-electron chi connectivity index (χ2n) is 11.1. The van der Waals surface area contributed by atoms with E-state index in [1.807, 2.05) is 38.1 Å². The molecule has 0 bridgehead atoms. The second kappa shape index (κ2) is 11.6. The molecule has 1 saturated carbocycles. The predicted octanol–water partition coefficient (Wildman–Crippen LogP) is 5.69. The van der Waals surface area contributed by atoms with Crippen molar-refractivity contribution in [3.8, 4) is 28.3 Å². The highest BCUT2D eigenvalue weighted by atomic mass is 16.5. The second-order valence-corrected chi connectivity index (χ2v) is 11.1. The van der Waals surface area contributed by atoms with Crippen LogP contribution in [0.2, 0.25) is 0 Å². The first kappa shape index (κ1) is 27.4. The van der Waals surface area contributed by atoms with E-state index in [1.165, 1.54) is 25.7 Å². The lowest BCUT2D eigenvalue weighted by Gasteiger charge is -2.14. The third kappa shape index (κ3) is 5.67. The Kier molecular flexibility index (Phi) is 7.56. The number of rotatable bonds is 7. The summed E-state index contributed by atoms with van der Waals surface area (Å²) >= 11 is 0. The molecule has 0 amide bonds. The quantitative estimate of drug-likeness (QED) is 0.251. The van der Waals surface area contributed by atoms with Gasteiger partial charge in [-0.05, 0) is 55.9 Å². The van der Waals surface area contributed by atoms with E-state index in [1.54, 1.807) is 30.6 Å². The van der Waals surface area contributed by atoms with Crippen LogP contribution in [0.1, 0.15) is 57.3 Å². The topological polar surface area (TPSA) is 143 Å². The molecule has 2 fully saturated rings. The third-order valence-corrected chi connectivity index (χ3v) is 7.68. The summed E-state index contributed by atoms with van der Waals surface area (Å²) in [6.07, 6.45) is 10.3. The standard InChI is InChI=1S/C16H20N4O3.C15H13N3O/c1-10(2)14(15(21)22)13-7-12(19-23-13)11-8-17-16(18-9-11)20-5-3-4-6-20;19-15-4-2-1-3-11(15)13-9-14-12(16-17-13)7-8-18(14)10-5-6-10/h7-10,14H,3-6H2,1-2H3,(H,21,22);1-4,7-10,19H,5-6H2. The zero-order chi connectivity index (χ0) is 29.2. The van der Waals surface area contributed by atoms with Gasteiger partial charge < -0.3 is 24.2 Å². The van der Waals surface area contributed by atoms with Crippen LogP contribution in [-0.4, -0.2) is 59.2 Å². The number of phenolic OH excluding ortho intramolecular Hbond substituents is 1. The van der Waals surface area contributed by atoms with Crippen molar-refractivity contribution in [3.05, 3.63) is 66.8 Å². The molecule has 11 heteroatoms. The molecule has 1 aromatic carbocycles. The summed E-state index contributed by atoms with van der Waals surface area (Å²) in [7, 11) is 0. The molecule has 1 aliphatic heterocycles. The van der Waals surface area contributed by atoms with E-state index in [0.29, 0.717) is 23.2 Å². The van der Waals surface area contributed by atoms with Crippen molar-refractivity contribution < 1.29 is 19.5 Å². The SMILES string of the molecule is CC(C)C(C(=O)O)c1cc(-c2cnc(N3CCCC3)nc2)no1.Oc1ccccc1-c1cc2c(ccn2C2CC2)nn1. The molecule has 2 N–H and O–H groups in total. The third-order valence-electron chi connectivity index (χ3n) is 7.68. The number of aliphatic carboxylic acids is 1. The maximum Gasteiger partial charge on any atom is 0.314 e. The van der Waals surface area contributed by atoms with Crippen LogP contribution in [0.5, 0.6) is 5.75 Å². The number of aromatic hydroxyl groups is 1. The van der Waals surface area contributed by atoms with Crippen molar-refractivity contribution in [1.82, 2.24) is 29.9 Å². The molecular formula is C31H33N7O4. The first-order valence-electron chi connectivity index (χ1n) is 14.3. The van der Waals surface area contributed by atoms with Gasteiger partial charge in [0.25, 0.3) is 0 Å². The molecule has 11 nitrogen and oxygen atoms in total. The number of phenols is 1. The van der Waals surface area contributed by atoms with E-state index >= 15 is 0 Å². The van der Waals surface area contributed by atoms with Crippen LogP contribution in [0, 0.1) is 5.92 Å². The number of hydrogen-bond acceptors (Lipinski definition) is 9. The number of anilines is 1. The van der Waals surface area contributed by atoms with Gasteiger partial charge in [0.05, 0.1) is 11.2 Å². The van der Waals surface area contributed by atoms with Crippen molar-refractivity contribution in [2.75, 3.05) is 18.0 Å². The Morgan fingerprint density at radius 3 is 2.40 bits per heavy atom. The van der Waals surface area contributed by atoms with E-state index in [0.717, 1.165) is 41.2 Å². The smallest absolute Gasteiger partial charge is 0.314 e. The highest BCUT2D eigenvalue weighted by Crippen LogP contribution is 2.38. The van der Waals surface area contributed by atoms with E-state index in [9.17, 15) is 15.0 Å². The van der Waals surface area contributed by atoms with Crippen molar-refractivity contribution in [2.45, 2.75) is 51.5 Å². The van der Waals surface area contributed by atoms with Gasteiger partial charge in [0, 0.05) is 54.9 Å². The van der Waals surface area contributed by atoms with Gasteiger partial charge >= 0.3 is 5.97 Å². The van der Waals surface area contributed by atoms with E-state index in [2.05, 4.69) is 41.0 Å². The first-order chi connectivity index (χ1) is 20.4. The molecule has 5 heterocycles. The summed E-state index contributed by atoms with van der Waals surface area (Å²) < 4.78 is 7.49. The average molecular weight is 568 g/mol. The van der Waals surface area contributed by atoms with E-state index < -0.39 is 11.9 Å². The van der Waals surface area contributed by atoms with Crippen LogP contribution >= 0.6 is 0 Å². The number of para-hydroxylation sites is 1. The molecule has 5 aromatic rings. The zero-order valence-electron chi connectivity index (χ0n) is 23.6. The molecule has 1 saturated heterocycles. The van der Waals surface area contributed by atoms with Crippen molar-refractivity contribution in [3.63, 3.8) is 0 Å². The minimum atomic E-state index is -0.914. The monoisotopic (exact) mass is 567 g/mol. The number of carboxylic acid groups (broad SMARTS) is 1. The van der Waals surface area contributed by atoms with Crippen LogP contribution in [-0.2, 0) is 4.79 Å². The van der Waals surface area contributed by atoms with Crippen LogP contribution < -0.4 is 4.90 Å². The summed E-state index contributed by atoms with van der Waals surface area (Å²) in [6.45, 7) is 5.66. The summed E-state index contributed by atoms with van der Waals surface area (Å²) in [4.78, 5) is 22.3. The first-order valence-corrected chi connectivity index (χ1v) is 14.3. The predicted molar refractivity (Wildman–Crippen MR) is 157 cm³/mol. The van der Waals surface area contributed by atoms with Gasteiger partial charge in [0.1, 0.15) is 22.9 Å². The van der Waals surface area contributed by atoms with Crippen molar-refractivity contribution in [1.29, 1.82) is 0 Å². The summed E-state index contributed by atoms with van der Waals surface area (Å²) in [5, 5.41) is 31.6. The molecule has 1 unspecified atom stereocenters. The maximum atomic E-state index is 11.4. The molecule has 4 aromatic heterocycles. The normalized spacial score (nSPS) is 15.5. The number of fused-ring (bicyclic) bond motifs is 1. The number of benzene rings is 1. The van der Waals surface area contributed by atoms with Gasteiger partial charge in [-0.1, -0.05) is 31.1 Å². The number of hydrogen-bond donors (Lipinski definition) is 2. The number of aromatic nitrogens is 6. The fourth-order valence-corrected chi connectivity index (χ4v) is 5.28. The zero-order valence-corrected chi connectivity index (χ0v) is 23.6. The van der Waals surface area contributed by atoms with Gasteiger partial charge in [0.2, 0.25) is 5.95 Å². The largest absolute Gasteiger partial charge is 0.507 e. The fraction of sp³-hybridized carbons (Fsp3) is 0.355.